The number of nitrogens with zero attached hydrogens (tertiary/aromatic N) is 2. The lowest BCUT2D eigenvalue weighted by Gasteiger charge is -2.29. The van der Waals surface area contributed by atoms with E-state index in [0.717, 1.165) is 11.1 Å². The predicted molar refractivity (Wildman–Crippen MR) is 122 cm³/mol. The number of hydrogen-bond acceptors (Lipinski definition) is 5. The number of benzene rings is 2. The first kappa shape index (κ1) is 23.9. The molecule has 2 aromatic rings. The van der Waals surface area contributed by atoms with Crippen molar-refractivity contribution in [2.24, 2.45) is 5.92 Å². The van der Waals surface area contributed by atoms with Crippen LogP contribution in [-0.2, 0) is 37.3 Å². The fourth-order valence-electron chi connectivity index (χ4n) is 3.77. The van der Waals surface area contributed by atoms with E-state index in [-0.39, 0.29) is 18.4 Å². The largest absolute Gasteiger partial charge is 0.455 e. The van der Waals surface area contributed by atoms with Gasteiger partial charge in [0.25, 0.3) is 5.91 Å². The summed E-state index contributed by atoms with van der Waals surface area (Å²) in [6.45, 7) is 1.24. The van der Waals surface area contributed by atoms with Crippen molar-refractivity contribution in [2.45, 2.75) is 25.8 Å². The second-order valence-electron chi connectivity index (χ2n) is 8.08. The molecule has 8 heteroatoms. The molecule has 1 aliphatic rings. The molecule has 0 atom stereocenters. The van der Waals surface area contributed by atoms with Crippen molar-refractivity contribution in [3.05, 3.63) is 71.8 Å². The second kappa shape index (κ2) is 11.2. The summed E-state index contributed by atoms with van der Waals surface area (Å²) in [6.07, 6.45) is 2.68. The van der Waals surface area contributed by atoms with Gasteiger partial charge in [0.15, 0.2) is 6.61 Å². The fraction of sp³-hybridized carbons (Fsp3) is 0.417. The first-order valence-electron chi connectivity index (χ1n) is 10.8. The van der Waals surface area contributed by atoms with Crippen molar-refractivity contribution >= 4 is 21.9 Å². The average Bonchev–Trinajstić information content (AvgIpc) is 2.81. The number of amides is 1. The molecule has 0 saturated carbocycles. The van der Waals surface area contributed by atoms with Crippen LogP contribution in [0.3, 0.4) is 0 Å². The van der Waals surface area contributed by atoms with Gasteiger partial charge < -0.3 is 9.64 Å². The molecule has 1 fully saturated rings. The number of rotatable bonds is 9. The number of esters is 1. The van der Waals surface area contributed by atoms with Crippen LogP contribution in [0.1, 0.15) is 24.0 Å². The summed E-state index contributed by atoms with van der Waals surface area (Å²) in [4.78, 5) is 27.1. The van der Waals surface area contributed by atoms with Crippen molar-refractivity contribution < 1.29 is 22.7 Å². The lowest BCUT2D eigenvalue weighted by molar-refractivity contribution is -0.156. The van der Waals surface area contributed by atoms with Gasteiger partial charge in [0.2, 0.25) is 10.0 Å². The van der Waals surface area contributed by atoms with Gasteiger partial charge in [-0.2, -0.15) is 0 Å². The van der Waals surface area contributed by atoms with Crippen LogP contribution >= 0.6 is 0 Å². The Labute approximate surface area is 190 Å². The minimum atomic E-state index is -3.25. The SMILES string of the molecule is CS(=O)(=O)N1CCC(C(=O)OCC(=O)N(CCc2ccccc2)Cc2ccccc2)CC1. The van der Waals surface area contributed by atoms with Crippen LogP contribution in [0.4, 0.5) is 0 Å². The van der Waals surface area contributed by atoms with Gasteiger partial charge in [0.1, 0.15) is 0 Å². The summed E-state index contributed by atoms with van der Waals surface area (Å²) in [5, 5.41) is 0. The highest BCUT2D eigenvalue weighted by molar-refractivity contribution is 7.88. The van der Waals surface area contributed by atoms with E-state index in [9.17, 15) is 18.0 Å². The molecule has 7 nitrogen and oxygen atoms in total. The summed E-state index contributed by atoms with van der Waals surface area (Å²) in [6, 6.07) is 19.6. The Morgan fingerprint density at radius 3 is 2.09 bits per heavy atom. The minimum Gasteiger partial charge on any atom is -0.455 e. The highest BCUT2D eigenvalue weighted by Crippen LogP contribution is 2.20. The molecule has 0 bridgehead atoms. The molecular formula is C24H30N2O5S. The maximum atomic E-state index is 12.9. The maximum Gasteiger partial charge on any atom is 0.309 e. The summed E-state index contributed by atoms with van der Waals surface area (Å²) in [7, 11) is -3.25. The van der Waals surface area contributed by atoms with Crippen LogP contribution in [0.25, 0.3) is 0 Å². The Morgan fingerprint density at radius 2 is 1.53 bits per heavy atom. The molecule has 3 rings (SSSR count). The lowest BCUT2D eigenvalue weighted by atomic mass is 9.98. The quantitative estimate of drug-likeness (QED) is 0.539. The number of hydrogen-bond donors (Lipinski definition) is 0. The summed E-state index contributed by atoms with van der Waals surface area (Å²) >= 11 is 0. The van der Waals surface area contributed by atoms with E-state index in [0.29, 0.717) is 45.4 Å². The molecular weight excluding hydrogens is 428 g/mol. The van der Waals surface area contributed by atoms with Gasteiger partial charge >= 0.3 is 5.97 Å². The summed E-state index contributed by atoms with van der Waals surface area (Å²) in [5.74, 6) is -1.06. The first-order chi connectivity index (χ1) is 15.3. The lowest BCUT2D eigenvalue weighted by Crippen LogP contribution is -2.41. The van der Waals surface area contributed by atoms with Crippen molar-refractivity contribution in [2.75, 3.05) is 32.5 Å². The van der Waals surface area contributed by atoms with E-state index >= 15 is 0 Å². The van der Waals surface area contributed by atoms with Gasteiger partial charge in [-0.15, -0.1) is 0 Å². The molecule has 0 aromatic heterocycles. The molecule has 1 aliphatic heterocycles. The van der Waals surface area contributed by atoms with Gasteiger partial charge in [-0.1, -0.05) is 60.7 Å². The highest BCUT2D eigenvalue weighted by atomic mass is 32.2. The highest BCUT2D eigenvalue weighted by Gasteiger charge is 2.30. The second-order valence-corrected chi connectivity index (χ2v) is 10.1. The molecule has 1 saturated heterocycles. The van der Waals surface area contributed by atoms with Crippen LogP contribution in [0.15, 0.2) is 60.7 Å². The zero-order chi connectivity index (χ0) is 23.0. The molecule has 1 heterocycles. The third kappa shape index (κ3) is 7.17. The van der Waals surface area contributed by atoms with Crippen molar-refractivity contribution in [3.8, 4) is 0 Å². The molecule has 2 aromatic carbocycles. The smallest absolute Gasteiger partial charge is 0.309 e. The first-order valence-corrected chi connectivity index (χ1v) is 12.6. The van der Waals surface area contributed by atoms with E-state index in [4.69, 9.17) is 4.74 Å². The number of ether oxygens (including phenoxy) is 1. The van der Waals surface area contributed by atoms with E-state index < -0.39 is 16.0 Å². The van der Waals surface area contributed by atoms with Crippen LogP contribution < -0.4 is 0 Å². The Morgan fingerprint density at radius 1 is 0.969 bits per heavy atom. The average molecular weight is 459 g/mol. The van der Waals surface area contributed by atoms with Gasteiger partial charge in [-0.25, -0.2) is 12.7 Å². The van der Waals surface area contributed by atoms with E-state index in [1.54, 1.807) is 4.90 Å². The van der Waals surface area contributed by atoms with E-state index in [1.807, 2.05) is 60.7 Å². The Kier molecular flexibility index (Phi) is 8.41. The van der Waals surface area contributed by atoms with Gasteiger partial charge in [-0.3, -0.25) is 9.59 Å². The van der Waals surface area contributed by atoms with Crippen LogP contribution in [0.2, 0.25) is 0 Å². The van der Waals surface area contributed by atoms with Gasteiger partial charge in [-0.05, 0) is 30.4 Å². The Hall–Kier alpha value is -2.71. The maximum absolute atomic E-state index is 12.9. The normalized spacial score (nSPS) is 15.3. The molecule has 1 amide bonds. The Bertz CT molecular complexity index is 988. The van der Waals surface area contributed by atoms with E-state index in [2.05, 4.69) is 0 Å². The van der Waals surface area contributed by atoms with Crippen LogP contribution in [0, 0.1) is 5.92 Å². The number of carbonyl (C=O) groups excluding carboxylic acids is 2. The van der Waals surface area contributed by atoms with Crippen LogP contribution in [-0.4, -0.2) is 62.0 Å². The van der Waals surface area contributed by atoms with Crippen molar-refractivity contribution in [1.82, 2.24) is 9.21 Å². The Balaban J connectivity index is 1.55. The van der Waals surface area contributed by atoms with Gasteiger partial charge in [0, 0.05) is 26.2 Å². The van der Waals surface area contributed by atoms with Crippen LogP contribution in [0.5, 0.6) is 0 Å². The molecule has 172 valence electrons. The fourth-order valence-corrected chi connectivity index (χ4v) is 4.64. The van der Waals surface area contributed by atoms with Crippen molar-refractivity contribution in [1.29, 1.82) is 0 Å². The van der Waals surface area contributed by atoms with E-state index in [1.165, 1.54) is 10.6 Å². The zero-order valence-electron chi connectivity index (χ0n) is 18.4. The molecule has 32 heavy (non-hydrogen) atoms. The van der Waals surface area contributed by atoms with Crippen molar-refractivity contribution in [3.63, 3.8) is 0 Å². The number of sulfonamides is 1. The molecule has 0 unspecified atom stereocenters. The predicted octanol–water partition coefficient (Wildman–Crippen LogP) is 2.47. The third-order valence-electron chi connectivity index (χ3n) is 5.68. The molecule has 0 spiro atoms. The molecule has 0 aliphatic carbocycles. The summed E-state index contributed by atoms with van der Waals surface area (Å²) < 4.78 is 30.0. The number of carbonyl (C=O) groups is 2. The summed E-state index contributed by atoms with van der Waals surface area (Å²) in [5.41, 5.74) is 2.14. The zero-order valence-corrected chi connectivity index (χ0v) is 19.2. The molecule has 0 N–H and O–H groups in total. The monoisotopic (exact) mass is 458 g/mol. The number of piperidine rings is 1. The third-order valence-corrected chi connectivity index (χ3v) is 6.98. The minimum absolute atomic E-state index is 0.244. The van der Waals surface area contributed by atoms with Gasteiger partial charge in [0.05, 0.1) is 12.2 Å². The topological polar surface area (TPSA) is 84.0 Å². The standard InChI is InChI=1S/C24H30N2O5S/c1-32(29,30)26-16-13-22(14-17-26)24(28)31-19-23(27)25(18-21-10-6-3-7-11-21)15-12-20-8-4-2-5-9-20/h2-11,22H,12-19H2,1H3. The molecule has 0 radical (unpaired) electrons.